The third-order valence-corrected chi connectivity index (χ3v) is 5.95. The highest BCUT2D eigenvalue weighted by atomic mass is 16.6. The molecule has 2 aliphatic rings. The standard InChI is InChI=1S/C25H29N3O4/c1-2-31-25(30)28-15-13-20(14-16-28)26-24(29)22-17-21(27-32-22)23(18-9-5-3-6-10-18)19-11-7-4-8-12-19/h3-12,20,22-23H,2,13-17H2,1H3,(H,26,29). The fraction of sp³-hybridized carbons (Fsp3) is 0.400. The number of ether oxygens (including phenoxy) is 1. The monoisotopic (exact) mass is 435 g/mol. The summed E-state index contributed by atoms with van der Waals surface area (Å²) in [6.45, 7) is 3.30. The zero-order chi connectivity index (χ0) is 22.3. The number of likely N-dealkylation sites (tertiary alicyclic amines) is 1. The Balaban J connectivity index is 1.36. The molecule has 0 aromatic heterocycles. The fourth-order valence-electron chi connectivity index (χ4n) is 4.29. The molecule has 0 saturated carbocycles. The SMILES string of the molecule is CCOC(=O)N1CCC(NC(=O)C2CC(C(c3ccccc3)c3ccccc3)=NO2)CC1. The van der Waals surface area contributed by atoms with Crippen molar-refractivity contribution < 1.29 is 19.2 Å². The van der Waals surface area contributed by atoms with E-state index in [1.54, 1.807) is 11.8 Å². The minimum absolute atomic E-state index is 0.0138. The minimum atomic E-state index is -0.636. The lowest BCUT2D eigenvalue weighted by Crippen LogP contribution is -2.49. The van der Waals surface area contributed by atoms with E-state index in [-0.39, 0.29) is 24.0 Å². The first kappa shape index (κ1) is 21.9. The van der Waals surface area contributed by atoms with Crippen LogP contribution in [-0.4, -0.2) is 54.5 Å². The molecule has 168 valence electrons. The second kappa shape index (κ2) is 10.3. The second-order valence-electron chi connectivity index (χ2n) is 8.10. The van der Waals surface area contributed by atoms with Gasteiger partial charge in [0.25, 0.3) is 5.91 Å². The van der Waals surface area contributed by atoms with Gasteiger partial charge in [-0.05, 0) is 30.9 Å². The Kier molecular flexibility index (Phi) is 7.04. The Bertz CT molecular complexity index is 901. The topological polar surface area (TPSA) is 80.2 Å². The number of nitrogens with one attached hydrogen (secondary N) is 1. The van der Waals surface area contributed by atoms with E-state index in [1.807, 2.05) is 36.4 Å². The third-order valence-electron chi connectivity index (χ3n) is 5.95. The van der Waals surface area contributed by atoms with Gasteiger partial charge in [-0.25, -0.2) is 4.79 Å². The van der Waals surface area contributed by atoms with E-state index in [1.165, 1.54) is 0 Å². The minimum Gasteiger partial charge on any atom is -0.450 e. The van der Waals surface area contributed by atoms with Gasteiger partial charge in [0.05, 0.1) is 18.2 Å². The number of hydrogen-bond donors (Lipinski definition) is 1. The summed E-state index contributed by atoms with van der Waals surface area (Å²) in [6.07, 6.45) is 0.913. The first-order valence-electron chi connectivity index (χ1n) is 11.2. The molecule has 1 atom stereocenters. The van der Waals surface area contributed by atoms with E-state index in [9.17, 15) is 9.59 Å². The summed E-state index contributed by atoms with van der Waals surface area (Å²) in [7, 11) is 0. The lowest BCUT2D eigenvalue weighted by atomic mass is 9.85. The summed E-state index contributed by atoms with van der Waals surface area (Å²) >= 11 is 0. The van der Waals surface area contributed by atoms with Crippen LogP contribution in [0.5, 0.6) is 0 Å². The van der Waals surface area contributed by atoms with Gasteiger partial charge in [-0.2, -0.15) is 0 Å². The van der Waals surface area contributed by atoms with Gasteiger partial charge in [0, 0.05) is 25.6 Å². The summed E-state index contributed by atoms with van der Waals surface area (Å²) in [4.78, 5) is 32.0. The van der Waals surface area contributed by atoms with Crippen molar-refractivity contribution in [1.82, 2.24) is 10.2 Å². The molecule has 7 nitrogen and oxygen atoms in total. The molecule has 7 heteroatoms. The Morgan fingerprint density at radius 3 is 2.22 bits per heavy atom. The quantitative estimate of drug-likeness (QED) is 0.750. The Morgan fingerprint density at radius 1 is 1.06 bits per heavy atom. The molecule has 2 aliphatic heterocycles. The molecule has 4 rings (SSSR count). The van der Waals surface area contributed by atoms with Crippen LogP contribution in [0, 0.1) is 0 Å². The molecule has 32 heavy (non-hydrogen) atoms. The van der Waals surface area contributed by atoms with Crippen molar-refractivity contribution >= 4 is 17.7 Å². The number of carbonyl (C=O) groups excluding carboxylic acids is 2. The highest BCUT2D eigenvalue weighted by Crippen LogP contribution is 2.31. The summed E-state index contributed by atoms with van der Waals surface area (Å²) in [6, 6.07) is 20.3. The zero-order valence-electron chi connectivity index (χ0n) is 18.3. The average molecular weight is 436 g/mol. The van der Waals surface area contributed by atoms with Crippen LogP contribution >= 0.6 is 0 Å². The Labute approximate surface area is 188 Å². The van der Waals surface area contributed by atoms with Gasteiger partial charge < -0.3 is 19.8 Å². The van der Waals surface area contributed by atoms with Crippen molar-refractivity contribution in [2.45, 2.75) is 44.2 Å². The number of benzene rings is 2. The van der Waals surface area contributed by atoms with E-state index in [2.05, 4.69) is 34.7 Å². The van der Waals surface area contributed by atoms with Crippen molar-refractivity contribution in [1.29, 1.82) is 0 Å². The summed E-state index contributed by atoms with van der Waals surface area (Å²) in [5, 5.41) is 7.40. The number of hydrogen-bond acceptors (Lipinski definition) is 5. The maximum absolute atomic E-state index is 12.9. The van der Waals surface area contributed by atoms with Gasteiger partial charge in [-0.1, -0.05) is 65.8 Å². The van der Waals surface area contributed by atoms with Crippen LogP contribution < -0.4 is 5.32 Å². The Morgan fingerprint density at radius 2 is 1.66 bits per heavy atom. The van der Waals surface area contributed by atoms with E-state index in [4.69, 9.17) is 9.57 Å². The fourth-order valence-corrected chi connectivity index (χ4v) is 4.29. The maximum atomic E-state index is 12.9. The van der Waals surface area contributed by atoms with Gasteiger partial charge in [0.15, 0.2) is 0 Å². The predicted molar refractivity (Wildman–Crippen MR) is 121 cm³/mol. The molecule has 2 aromatic rings. The molecular weight excluding hydrogens is 406 g/mol. The first-order valence-corrected chi connectivity index (χ1v) is 11.2. The molecule has 1 fully saturated rings. The highest BCUT2D eigenvalue weighted by Gasteiger charge is 2.35. The van der Waals surface area contributed by atoms with Crippen LogP contribution in [0.4, 0.5) is 4.79 Å². The van der Waals surface area contributed by atoms with Crippen molar-refractivity contribution in [2.24, 2.45) is 5.16 Å². The zero-order valence-corrected chi connectivity index (χ0v) is 18.3. The lowest BCUT2D eigenvalue weighted by Gasteiger charge is -2.31. The number of rotatable bonds is 6. The molecule has 1 unspecified atom stereocenters. The van der Waals surface area contributed by atoms with Crippen LogP contribution in [-0.2, 0) is 14.4 Å². The molecule has 2 aromatic carbocycles. The molecule has 1 saturated heterocycles. The van der Waals surface area contributed by atoms with Crippen LogP contribution in [0.15, 0.2) is 65.8 Å². The van der Waals surface area contributed by atoms with Gasteiger partial charge >= 0.3 is 6.09 Å². The number of nitrogens with zero attached hydrogens (tertiary/aromatic N) is 2. The summed E-state index contributed by atoms with van der Waals surface area (Å²) < 4.78 is 5.05. The van der Waals surface area contributed by atoms with Crippen LogP contribution in [0.3, 0.4) is 0 Å². The molecule has 0 spiro atoms. The van der Waals surface area contributed by atoms with Crippen LogP contribution in [0.2, 0.25) is 0 Å². The number of oxime groups is 1. The second-order valence-corrected chi connectivity index (χ2v) is 8.10. The van der Waals surface area contributed by atoms with Crippen molar-refractivity contribution in [3.63, 3.8) is 0 Å². The van der Waals surface area contributed by atoms with Gasteiger partial charge in [-0.3, -0.25) is 4.79 Å². The number of amides is 2. The highest BCUT2D eigenvalue weighted by molar-refractivity contribution is 5.98. The molecular formula is C25H29N3O4. The number of piperidine rings is 1. The van der Waals surface area contributed by atoms with E-state index in [0.717, 1.165) is 16.8 Å². The third kappa shape index (κ3) is 5.10. The van der Waals surface area contributed by atoms with Crippen LogP contribution in [0.25, 0.3) is 0 Å². The summed E-state index contributed by atoms with van der Waals surface area (Å²) in [5.41, 5.74) is 3.08. The largest absolute Gasteiger partial charge is 0.450 e. The first-order chi connectivity index (χ1) is 15.7. The van der Waals surface area contributed by atoms with Crippen molar-refractivity contribution in [2.75, 3.05) is 19.7 Å². The van der Waals surface area contributed by atoms with Gasteiger partial charge in [0.2, 0.25) is 6.10 Å². The normalized spacial score (nSPS) is 18.8. The maximum Gasteiger partial charge on any atom is 0.409 e. The van der Waals surface area contributed by atoms with E-state index < -0.39 is 6.10 Å². The molecule has 0 bridgehead atoms. The van der Waals surface area contributed by atoms with Gasteiger partial charge in [0.1, 0.15) is 0 Å². The average Bonchev–Trinajstić information content (AvgIpc) is 3.31. The van der Waals surface area contributed by atoms with E-state index >= 15 is 0 Å². The predicted octanol–water partition coefficient (Wildman–Crippen LogP) is 3.70. The molecule has 2 heterocycles. The van der Waals surface area contributed by atoms with Crippen molar-refractivity contribution in [3.8, 4) is 0 Å². The number of carbonyl (C=O) groups is 2. The van der Waals surface area contributed by atoms with Gasteiger partial charge in [-0.15, -0.1) is 0 Å². The smallest absolute Gasteiger partial charge is 0.409 e. The Hall–Kier alpha value is -3.35. The summed E-state index contributed by atoms with van der Waals surface area (Å²) in [5.74, 6) is -0.207. The molecule has 0 aliphatic carbocycles. The van der Waals surface area contributed by atoms with E-state index in [0.29, 0.717) is 39.0 Å². The van der Waals surface area contributed by atoms with Crippen molar-refractivity contribution in [3.05, 3.63) is 71.8 Å². The molecule has 0 radical (unpaired) electrons. The molecule has 2 amide bonds. The van der Waals surface area contributed by atoms with Crippen LogP contribution in [0.1, 0.15) is 43.2 Å². The molecule has 1 N–H and O–H groups in total. The lowest BCUT2D eigenvalue weighted by molar-refractivity contribution is -0.132.